The van der Waals surface area contributed by atoms with Crippen LogP contribution in [0.5, 0.6) is 5.75 Å². The van der Waals surface area contributed by atoms with Gasteiger partial charge in [0.2, 0.25) is 0 Å². The molecule has 1 aromatic heterocycles. The average Bonchev–Trinajstić information content (AvgIpc) is 3.11. The molecular weight excluding hydrogens is 449 g/mol. The van der Waals surface area contributed by atoms with Crippen LogP contribution in [-0.4, -0.2) is 40.1 Å². The van der Waals surface area contributed by atoms with Crippen molar-refractivity contribution in [3.63, 3.8) is 0 Å². The highest BCUT2D eigenvalue weighted by Crippen LogP contribution is 2.51. The first-order chi connectivity index (χ1) is 15.4. The Hall–Kier alpha value is -2.61. The van der Waals surface area contributed by atoms with E-state index in [0.717, 1.165) is 16.8 Å². The van der Waals surface area contributed by atoms with E-state index < -0.39 is 35.5 Å². The molecule has 0 saturated carbocycles. The number of benzene rings is 2. The molecule has 2 N–H and O–H groups in total. The third-order valence-corrected chi connectivity index (χ3v) is 6.51. The predicted molar refractivity (Wildman–Crippen MR) is 124 cm³/mol. The molecule has 0 spiro atoms. The van der Waals surface area contributed by atoms with E-state index in [1.165, 1.54) is 6.07 Å². The number of carboxylic acid groups (broad SMARTS) is 1. The van der Waals surface area contributed by atoms with Crippen molar-refractivity contribution >= 4 is 28.5 Å². The van der Waals surface area contributed by atoms with Crippen LogP contribution in [0.3, 0.4) is 0 Å². The van der Waals surface area contributed by atoms with Crippen molar-refractivity contribution in [2.45, 2.75) is 51.2 Å². The molecule has 4 rings (SSSR count). The molecule has 0 fully saturated rings. The Morgan fingerprint density at radius 1 is 1.30 bits per heavy atom. The summed E-state index contributed by atoms with van der Waals surface area (Å²) in [7, 11) is 0. The van der Waals surface area contributed by atoms with Gasteiger partial charge in [0.1, 0.15) is 18.2 Å². The maximum atomic E-state index is 13.9. The molecule has 176 valence electrons. The van der Waals surface area contributed by atoms with Crippen LogP contribution in [0.1, 0.15) is 45.4 Å². The van der Waals surface area contributed by atoms with Gasteiger partial charge >= 0.3 is 5.97 Å². The number of rotatable bonds is 6. The summed E-state index contributed by atoms with van der Waals surface area (Å²) in [6, 6.07) is 9.83. The Morgan fingerprint density at radius 2 is 2.03 bits per heavy atom. The van der Waals surface area contributed by atoms with Gasteiger partial charge in [-0.05, 0) is 44.2 Å². The van der Waals surface area contributed by atoms with Crippen molar-refractivity contribution in [2.75, 3.05) is 13.2 Å². The number of carbonyl (C=O) groups is 1. The van der Waals surface area contributed by atoms with E-state index in [-0.39, 0.29) is 10.8 Å². The number of hydrogen-bond acceptors (Lipinski definition) is 4. The van der Waals surface area contributed by atoms with Gasteiger partial charge in [-0.25, -0.2) is 9.18 Å². The zero-order valence-electron chi connectivity index (χ0n) is 19.0. The van der Waals surface area contributed by atoms with Crippen molar-refractivity contribution in [2.24, 2.45) is 0 Å². The van der Waals surface area contributed by atoms with Crippen molar-refractivity contribution in [1.29, 1.82) is 0 Å². The fourth-order valence-electron chi connectivity index (χ4n) is 4.83. The summed E-state index contributed by atoms with van der Waals surface area (Å²) in [4.78, 5) is 11.0. The van der Waals surface area contributed by atoms with Gasteiger partial charge in [-0.1, -0.05) is 31.5 Å². The molecule has 0 aliphatic carbocycles. The van der Waals surface area contributed by atoms with Gasteiger partial charge in [-0.15, -0.1) is 0 Å². The Morgan fingerprint density at radius 3 is 2.70 bits per heavy atom. The van der Waals surface area contributed by atoms with Gasteiger partial charge in [0.25, 0.3) is 0 Å². The second-order valence-electron chi connectivity index (χ2n) is 9.45. The third kappa shape index (κ3) is 4.09. The lowest BCUT2D eigenvalue weighted by atomic mass is 9.76. The smallest absolute Gasteiger partial charge is 0.329 e. The van der Waals surface area contributed by atoms with E-state index in [2.05, 4.69) is 0 Å². The van der Waals surface area contributed by atoms with Crippen molar-refractivity contribution in [3.8, 4) is 11.4 Å². The number of hydrogen-bond donors (Lipinski definition) is 2. The summed E-state index contributed by atoms with van der Waals surface area (Å²) in [5, 5.41) is 20.6. The van der Waals surface area contributed by atoms with E-state index in [9.17, 15) is 14.3 Å². The van der Waals surface area contributed by atoms with Crippen molar-refractivity contribution in [1.82, 2.24) is 4.57 Å². The average molecular weight is 476 g/mol. The first-order valence-corrected chi connectivity index (χ1v) is 11.1. The minimum atomic E-state index is -1.04. The first-order valence-electron chi connectivity index (χ1n) is 10.7. The number of phenolic OH excluding ortho intramolecular Hbond substituents is 1. The minimum Gasteiger partial charge on any atom is -0.507 e. The highest BCUT2D eigenvalue weighted by atomic mass is 35.5. The zero-order chi connectivity index (χ0) is 24.1. The van der Waals surface area contributed by atoms with Crippen LogP contribution in [0, 0.1) is 5.82 Å². The van der Waals surface area contributed by atoms with Crippen molar-refractivity contribution < 1.29 is 28.9 Å². The number of carboxylic acids is 1. The monoisotopic (exact) mass is 475 g/mol. The third-order valence-electron chi connectivity index (χ3n) is 6.22. The molecular formula is C25H27ClFNO5. The second-order valence-corrected chi connectivity index (χ2v) is 9.86. The number of aliphatic carboxylic acids is 1. The van der Waals surface area contributed by atoms with E-state index >= 15 is 0 Å². The fourth-order valence-corrected chi connectivity index (χ4v) is 5.01. The minimum absolute atomic E-state index is 0.00609. The zero-order valence-corrected chi connectivity index (χ0v) is 19.7. The number of phenols is 1. The second kappa shape index (κ2) is 8.31. The molecule has 2 atom stereocenters. The number of halogens is 2. The molecule has 8 heteroatoms. The normalized spacial score (nSPS) is 20.5. The van der Waals surface area contributed by atoms with Crippen LogP contribution in [0.4, 0.5) is 4.39 Å². The number of aromatic nitrogens is 1. The topological polar surface area (TPSA) is 80.9 Å². The van der Waals surface area contributed by atoms with Gasteiger partial charge in [-0.2, -0.15) is 0 Å². The molecule has 6 nitrogen and oxygen atoms in total. The summed E-state index contributed by atoms with van der Waals surface area (Å²) in [6.45, 7) is 7.80. The highest BCUT2D eigenvalue weighted by molar-refractivity contribution is 6.30. The molecule has 2 heterocycles. The van der Waals surface area contributed by atoms with E-state index in [4.69, 9.17) is 26.2 Å². The molecule has 0 unspecified atom stereocenters. The molecule has 1 aliphatic heterocycles. The standard InChI is InChI=1S/C25H27ClFNO5/c1-14(32-12-20(30)31)11-25(4)22-21-18(6-5-7-19(21)29)28(23(22)24(2,3)13-33-25)15-8-9-17(27)16(26)10-15/h5-10,14,29H,11-13H2,1-4H3,(H,30,31)/t14-,25-/m1/s1. The Kier molecular flexibility index (Phi) is 5.93. The number of nitrogens with zero attached hydrogens (tertiary/aromatic N) is 1. The Labute approximate surface area is 196 Å². The summed E-state index contributed by atoms with van der Waals surface area (Å²) < 4.78 is 27.8. The molecule has 0 saturated heterocycles. The summed E-state index contributed by atoms with van der Waals surface area (Å²) in [5.74, 6) is -1.45. The van der Waals surface area contributed by atoms with Crippen LogP contribution in [0.15, 0.2) is 36.4 Å². The number of fused-ring (bicyclic) bond motifs is 3. The maximum absolute atomic E-state index is 13.9. The molecule has 33 heavy (non-hydrogen) atoms. The Bertz CT molecular complexity index is 1240. The summed E-state index contributed by atoms with van der Waals surface area (Å²) in [6.07, 6.45) is -0.0364. The van der Waals surface area contributed by atoms with Crippen LogP contribution in [-0.2, 0) is 25.3 Å². The molecule has 0 radical (unpaired) electrons. The van der Waals surface area contributed by atoms with Gasteiger partial charge < -0.3 is 24.3 Å². The van der Waals surface area contributed by atoms with E-state index in [1.54, 1.807) is 31.2 Å². The quantitative estimate of drug-likeness (QED) is 0.490. The fraction of sp³-hybridized carbons (Fsp3) is 0.400. The maximum Gasteiger partial charge on any atom is 0.329 e. The highest BCUT2D eigenvalue weighted by Gasteiger charge is 2.47. The molecule has 3 aromatic rings. The lowest BCUT2D eigenvalue weighted by Crippen LogP contribution is -2.44. The van der Waals surface area contributed by atoms with Crippen LogP contribution >= 0.6 is 11.6 Å². The van der Waals surface area contributed by atoms with Gasteiger partial charge in [0, 0.05) is 34.2 Å². The summed E-state index contributed by atoms with van der Waals surface area (Å²) in [5.41, 5.74) is 1.82. The predicted octanol–water partition coefficient (Wildman–Crippen LogP) is 5.53. The molecule has 2 aromatic carbocycles. The molecule has 1 aliphatic rings. The lowest BCUT2D eigenvalue weighted by Gasteiger charge is -2.43. The Balaban J connectivity index is 1.98. The van der Waals surface area contributed by atoms with Gasteiger partial charge in [0.05, 0.1) is 28.9 Å². The SMILES string of the molecule is C[C@H](C[C@@]1(C)OCC(C)(C)c2c1c1c(O)cccc1n2-c1ccc(F)c(Cl)c1)OCC(=O)O. The first kappa shape index (κ1) is 23.5. The lowest BCUT2D eigenvalue weighted by molar-refractivity contribution is -0.147. The van der Waals surface area contributed by atoms with Crippen LogP contribution < -0.4 is 0 Å². The van der Waals surface area contributed by atoms with Crippen LogP contribution in [0.2, 0.25) is 5.02 Å². The summed E-state index contributed by atoms with van der Waals surface area (Å²) >= 11 is 6.13. The van der Waals surface area contributed by atoms with E-state index in [0.29, 0.717) is 24.1 Å². The molecule has 0 bridgehead atoms. The van der Waals surface area contributed by atoms with Crippen LogP contribution in [0.25, 0.3) is 16.6 Å². The van der Waals surface area contributed by atoms with Gasteiger partial charge in [0.15, 0.2) is 0 Å². The number of aromatic hydroxyl groups is 1. The van der Waals surface area contributed by atoms with Gasteiger partial charge in [-0.3, -0.25) is 0 Å². The van der Waals surface area contributed by atoms with E-state index in [1.807, 2.05) is 31.4 Å². The largest absolute Gasteiger partial charge is 0.507 e. The van der Waals surface area contributed by atoms with Crippen molar-refractivity contribution in [3.05, 3.63) is 58.5 Å². The molecule has 0 amide bonds. The number of ether oxygens (including phenoxy) is 2.